The van der Waals surface area contributed by atoms with Gasteiger partial charge in [-0.1, -0.05) is 25.1 Å². The lowest BCUT2D eigenvalue weighted by molar-refractivity contribution is -0.274. The molecule has 1 aliphatic heterocycles. The van der Waals surface area contributed by atoms with Gasteiger partial charge < -0.3 is 15.4 Å². The Morgan fingerprint density at radius 1 is 1.40 bits per heavy atom. The Hall–Kier alpha value is -1.76. The molecule has 2 atom stereocenters. The van der Waals surface area contributed by atoms with Gasteiger partial charge in [-0.2, -0.15) is 0 Å². The van der Waals surface area contributed by atoms with Gasteiger partial charge in [-0.05, 0) is 55.8 Å². The molecule has 2 N–H and O–H groups in total. The molecule has 0 aromatic heterocycles. The molecule has 1 aliphatic rings. The molecule has 140 valence electrons. The highest BCUT2D eigenvalue weighted by atomic mass is 19.4. The molecule has 7 heteroatoms. The van der Waals surface area contributed by atoms with Crippen molar-refractivity contribution in [3.63, 3.8) is 0 Å². The zero-order valence-corrected chi connectivity index (χ0v) is 14.4. The van der Waals surface area contributed by atoms with Gasteiger partial charge in [0.25, 0.3) is 0 Å². The first-order chi connectivity index (χ1) is 11.8. The lowest BCUT2D eigenvalue weighted by Crippen LogP contribution is -2.36. The second-order valence-electron chi connectivity index (χ2n) is 6.54. The average Bonchev–Trinajstić information content (AvgIpc) is 2.56. The van der Waals surface area contributed by atoms with E-state index in [1.54, 1.807) is 12.1 Å². The van der Waals surface area contributed by atoms with Crippen LogP contribution in [0.15, 0.2) is 24.3 Å². The highest BCUT2D eigenvalue weighted by Crippen LogP contribution is 2.26. The first-order valence-electron chi connectivity index (χ1n) is 8.66. The number of rotatable bonds is 7. The number of alkyl halides is 3. The van der Waals surface area contributed by atoms with E-state index >= 15 is 0 Å². The number of halogens is 3. The van der Waals surface area contributed by atoms with Crippen LogP contribution in [0.5, 0.6) is 5.75 Å². The quantitative estimate of drug-likeness (QED) is 0.787. The smallest absolute Gasteiger partial charge is 0.406 e. The number of ether oxygens (including phenoxy) is 1. The van der Waals surface area contributed by atoms with E-state index in [0.717, 1.165) is 25.9 Å². The minimum absolute atomic E-state index is 0.0627. The van der Waals surface area contributed by atoms with Gasteiger partial charge in [-0.3, -0.25) is 4.79 Å². The number of benzene rings is 1. The molecule has 1 aromatic carbocycles. The highest BCUT2D eigenvalue weighted by Gasteiger charge is 2.31. The summed E-state index contributed by atoms with van der Waals surface area (Å²) in [4.78, 5) is 12.1. The van der Waals surface area contributed by atoms with Crippen LogP contribution in [0.3, 0.4) is 0 Å². The summed E-state index contributed by atoms with van der Waals surface area (Å²) in [6.07, 6.45) is -1.73. The lowest BCUT2D eigenvalue weighted by atomic mass is 9.85. The summed E-state index contributed by atoms with van der Waals surface area (Å²) >= 11 is 0. The van der Waals surface area contributed by atoms with Gasteiger partial charge in [0.1, 0.15) is 5.75 Å². The molecule has 0 spiro atoms. The molecule has 1 fully saturated rings. The van der Waals surface area contributed by atoms with Crippen molar-refractivity contribution < 1.29 is 22.7 Å². The Morgan fingerprint density at radius 3 is 2.84 bits per heavy atom. The third-order valence-electron chi connectivity index (χ3n) is 4.56. The van der Waals surface area contributed by atoms with Crippen molar-refractivity contribution in [1.82, 2.24) is 10.6 Å². The van der Waals surface area contributed by atoms with Gasteiger partial charge in [0.05, 0.1) is 0 Å². The Morgan fingerprint density at radius 2 is 2.16 bits per heavy atom. The first kappa shape index (κ1) is 19.6. The minimum Gasteiger partial charge on any atom is -0.406 e. The Kier molecular flexibility index (Phi) is 7.11. The van der Waals surface area contributed by atoms with E-state index in [1.165, 1.54) is 12.1 Å². The third-order valence-corrected chi connectivity index (χ3v) is 4.56. The molecule has 0 bridgehead atoms. The monoisotopic (exact) mass is 358 g/mol. The zero-order valence-electron chi connectivity index (χ0n) is 14.4. The second kappa shape index (κ2) is 9.08. The zero-order chi connectivity index (χ0) is 18.3. The van der Waals surface area contributed by atoms with E-state index in [-0.39, 0.29) is 30.5 Å². The molecular formula is C18H25F3N2O2. The van der Waals surface area contributed by atoms with E-state index < -0.39 is 6.36 Å². The van der Waals surface area contributed by atoms with Crippen molar-refractivity contribution in [2.24, 2.45) is 11.8 Å². The van der Waals surface area contributed by atoms with Crippen molar-refractivity contribution in [3.05, 3.63) is 29.8 Å². The number of amides is 1. The summed E-state index contributed by atoms with van der Waals surface area (Å²) in [5, 5.41) is 6.14. The fourth-order valence-corrected chi connectivity index (χ4v) is 3.17. The fraction of sp³-hybridized carbons (Fsp3) is 0.611. The van der Waals surface area contributed by atoms with Crippen LogP contribution in [-0.4, -0.2) is 31.9 Å². The molecular weight excluding hydrogens is 333 g/mol. The maximum atomic E-state index is 12.4. The Bertz CT molecular complexity index is 557. The van der Waals surface area contributed by atoms with Gasteiger partial charge in [0.15, 0.2) is 0 Å². The normalized spacial score (nSPS) is 19.3. The molecule has 2 rings (SSSR count). The van der Waals surface area contributed by atoms with Crippen molar-refractivity contribution in [1.29, 1.82) is 0 Å². The van der Waals surface area contributed by atoms with Crippen LogP contribution in [0.25, 0.3) is 0 Å². The molecule has 25 heavy (non-hydrogen) atoms. The van der Waals surface area contributed by atoms with Crippen LogP contribution in [0.1, 0.15) is 31.7 Å². The van der Waals surface area contributed by atoms with E-state index in [1.807, 2.05) is 0 Å². The van der Waals surface area contributed by atoms with Crippen molar-refractivity contribution in [2.75, 3.05) is 19.6 Å². The number of hydrogen-bond donors (Lipinski definition) is 2. The summed E-state index contributed by atoms with van der Waals surface area (Å²) in [6, 6.07) is 5.99. The summed E-state index contributed by atoms with van der Waals surface area (Å²) in [6.45, 7) is 4.34. The van der Waals surface area contributed by atoms with E-state index in [4.69, 9.17) is 0 Å². The predicted molar refractivity (Wildman–Crippen MR) is 89.2 cm³/mol. The van der Waals surface area contributed by atoms with E-state index in [2.05, 4.69) is 22.3 Å². The molecule has 0 saturated carbocycles. The van der Waals surface area contributed by atoms with Crippen molar-refractivity contribution in [3.8, 4) is 5.75 Å². The number of nitrogens with one attached hydrogen (secondary N) is 2. The maximum Gasteiger partial charge on any atom is 0.573 e. The number of piperidine rings is 1. The molecule has 4 nitrogen and oxygen atoms in total. The molecule has 0 radical (unpaired) electrons. The summed E-state index contributed by atoms with van der Waals surface area (Å²) in [5.74, 6) is 0.507. The minimum atomic E-state index is -4.72. The van der Waals surface area contributed by atoms with Crippen molar-refractivity contribution >= 4 is 5.91 Å². The predicted octanol–water partition coefficient (Wildman–Crippen LogP) is 3.27. The molecule has 1 heterocycles. The van der Waals surface area contributed by atoms with Crippen LogP contribution in [0.4, 0.5) is 13.2 Å². The molecule has 2 unspecified atom stereocenters. The van der Waals surface area contributed by atoms with Gasteiger partial charge in [-0.15, -0.1) is 13.2 Å². The number of para-hydroxylation sites is 1. The van der Waals surface area contributed by atoms with Gasteiger partial charge in [0.2, 0.25) is 5.91 Å². The summed E-state index contributed by atoms with van der Waals surface area (Å²) in [5.41, 5.74) is 0.421. The summed E-state index contributed by atoms with van der Waals surface area (Å²) in [7, 11) is 0. The first-order valence-corrected chi connectivity index (χ1v) is 8.66. The molecule has 1 aromatic rings. The average molecular weight is 358 g/mol. The summed E-state index contributed by atoms with van der Waals surface area (Å²) < 4.78 is 41.2. The van der Waals surface area contributed by atoms with Crippen LogP contribution in [0, 0.1) is 11.8 Å². The maximum absolute atomic E-state index is 12.4. The standard InChI is InChI=1S/C18H25F3N2O2/c1-13(15-6-4-9-22-12-15)11-17(24)23-10-8-14-5-2-3-7-16(14)25-18(19,20)21/h2-3,5,7,13,15,22H,4,6,8-12H2,1H3,(H,23,24). The van der Waals surface area contributed by atoms with Crippen LogP contribution < -0.4 is 15.4 Å². The largest absolute Gasteiger partial charge is 0.573 e. The van der Waals surface area contributed by atoms with Crippen LogP contribution in [-0.2, 0) is 11.2 Å². The second-order valence-corrected chi connectivity index (χ2v) is 6.54. The number of carbonyl (C=O) groups is 1. The van der Waals surface area contributed by atoms with E-state index in [0.29, 0.717) is 17.9 Å². The lowest BCUT2D eigenvalue weighted by Gasteiger charge is -2.28. The van der Waals surface area contributed by atoms with Crippen LogP contribution in [0.2, 0.25) is 0 Å². The molecule has 1 amide bonds. The molecule has 0 aliphatic carbocycles. The fourth-order valence-electron chi connectivity index (χ4n) is 3.17. The number of hydrogen-bond acceptors (Lipinski definition) is 3. The number of carbonyl (C=O) groups excluding carboxylic acids is 1. The van der Waals surface area contributed by atoms with Gasteiger partial charge >= 0.3 is 6.36 Å². The van der Waals surface area contributed by atoms with Gasteiger partial charge in [0, 0.05) is 13.0 Å². The van der Waals surface area contributed by atoms with Crippen molar-refractivity contribution in [2.45, 2.75) is 39.0 Å². The van der Waals surface area contributed by atoms with Gasteiger partial charge in [-0.25, -0.2) is 0 Å². The molecule has 1 saturated heterocycles. The third kappa shape index (κ3) is 6.94. The Balaban J connectivity index is 1.77. The topological polar surface area (TPSA) is 50.4 Å². The Labute approximate surface area is 146 Å². The SMILES string of the molecule is CC(CC(=O)NCCc1ccccc1OC(F)(F)F)C1CCCNC1. The van der Waals surface area contributed by atoms with E-state index in [9.17, 15) is 18.0 Å². The highest BCUT2D eigenvalue weighted by molar-refractivity contribution is 5.76. The van der Waals surface area contributed by atoms with Crippen LogP contribution >= 0.6 is 0 Å².